The highest BCUT2D eigenvalue weighted by Crippen LogP contribution is 2.21. The lowest BCUT2D eigenvalue weighted by Gasteiger charge is -2.12. The van der Waals surface area contributed by atoms with Crippen molar-refractivity contribution >= 4 is 22.4 Å². The summed E-state index contributed by atoms with van der Waals surface area (Å²) in [6.07, 6.45) is 1.49. The van der Waals surface area contributed by atoms with Crippen LogP contribution in [0, 0.1) is 6.92 Å². The van der Waals surface area contributed by atoms with Crippen LogP contribution >= 0.6 is 0 Å². The number of nitrogens with two attached hydrogens (primary N) is 1. The molecule has 1 aromatic heterocycles. The summed E-state index contributed by atoms with van der Waals surface area (Å²) >= 11 is 0. The molecule has 0 fully saturated rings. The minimum atomic E-state index is 0.630. The van der Waals surface area contributed by atoms with E-state index in [2.05, 4.69) is 57.1 Å². The maximum absolute atomic E-state index is 5.43. The molecule has 0 bridgehead atoms. The van der Waals surface area contributed by atoms with Crippen LogP contribution in [0.25, 0.3) is 10.8 Å². The van der Waals surface area contributed by atoms with Crippen LogP contribution in [0.15, 0.2) is 48.8 Å². The molecule has 2 aromatic carbocycles. The van der Waals surface area contributed by atoms with Gasteiger partial charge in [-0.1, -0.05) is 42.5 Å². The van der Waals surface area contributed by atoms with Gasteiger partial charge in [-0.05, 0) is 23.3 Å². The number of rotatable bonds is 4. The van der Waals surface area contributed by atoms with Crippen molar-refractivity contribution in [3.8, 4) is 0 Å². The maximum Gasteiger partial charge on any atom is 0.148 e. The van der Waals surface area contributed by atoms with Crippen molar-refractivity contribution in [2.45, 2.75) is 13.5 Å². The predicted molar refractivity (Wildman–Crippen MR) is 85.9 cm³/mol. The first-order chi connectivity index (χ1) is 10.3. The van der Waals surface area contributed by atoms with E-state index in [0.717, 1.165) is 11.4 Å². The Balaban J connectivity index is 1.87. The molecule has 0 amide bonds. The van der Waals surface area contributed by atoms with Gasteiger partial charge in [0.25, 0.3) is 0 Å². The second-order valence-electron chi connectivity index (χ2n) is 4.83. The highest BCUT2D eigenvalue weighted by Gasteiger charge is 2.06. The van der Waals surface area contributed by atoms with Gasteiger partial charge in [-0.3, -0.25) is 0 Å². The summed E-state index contributed by atoms with van der Waals surface area (Å²) in [5.74, 6) is 6.85. The molecule has 5 nitrogen and oxygen atoms in total. The highest BCUT2D eigenvalue weighted by molar-refractivity contribution is 5.85. The Morgan fingerprint density at radius 3 is 2.62 bits per heavy atom. The molecule has 0 aliphatic carbocycles. The molecule has 0 aliphatic heterocycles. The van der Waals surface area contributed by atoms with Crippen LogP contribution < -0.4 is 16.6 Å². The van der Waals surface area contributed by atoms with Gasteiger partial charge in [0, 0.05) is 12.1 Å². The van der Waals surface area contributed by atoms with Gasteiger partial charge in [-0.2, -0.15) is 0 Å². The average molecular weight is 279 g/mol. The molecule has 4 N–H and O–H groups in total. The Labute approximate surface area is 123 Å². The number of hydrogen-bond acceptors (Lipinski definition) is 5. The van der Waals surface area contributed by atoms with Crippen LogP contribution in [0.1, 0.15) is 11.1 Å². The zero-order valence-electron chi connectivity index (χ0n) is 11.8. The number of nitrogens with zero attached hydrogens (tertiary/aromatic N) is 2. The number of benzene rings is 2. The Bertz CT molecular complexity index is 764. The first kappa shape index (κ1) is 13.3. The van der Waals surface area contributed by atoms with Crippen molar-refractivity contribution < 1.29 is 0 Å². The van der Waals surface area contributed by atoms with Crippen molar-refractivity contribution in [3.05, 3.63) is 59.9 Å². The van der Waals surface area contributed by atoms with E-state index in [4.69, 9.17) is 5.84 Å². The molecule has 3 rings (SSSR count). The number of hydrogen-bond donors (Lipinski definition) is 3. The first-order valence-corrected chi connectivity index (χ1v) is 6.78. The third-order valence-corrected chi connectivity index (χ3v) is 3.55. The highest BCUT2D eigenvalue weighted by atomic mass is 15.3. The predicted octanol–water partition coefficient (Wildman–Crippen LogP) is 2.84. The van der Waals surface area contributed by atoms with Gasteiger partial charge in [0.1, 0.15) is 18.0 Å². The Morgan fingerprint density at radius 2 is 1.76 bits per heavy atom. The lowest BCUT2D eigenvalue weighted by atomic mass is 10.0. The van der Waals surface area contributed by atoms with E-state index in [9.17, 15) is 0 Å². The fourth-order valence-electron chi connectivity index (χ4n) is 2.40. The van der Waals surface area contributed by atoms with Gasteiger partial charge in [-0.15, -0.1) is 0 Å². The van der Waals surface area contributed by atoms with Crippen LogP contribution in [0.3, 0.4) is 0 Å². The summed E-state index contributed by atoms with van der Waals surface area (Å²) in [4.78, 5) is 8.34. The Kier molecular flexibility index (Phi) is 3.66. The summed E-state index contributed by atoms with van der Waals surface area (Å²) < 4.78 is 0. The van der Waals surface area contributed by atoms with Gasteiger partial charge in [0.2, 0.25) is 0 Å². The van der Waals surface area contributed by atoms with Crippen molar-refractivity contribution in [1.29, 1.82) is 0 Å². The van der Waals surface area contributed by atoms with E-state index >= 15 is 0 Å². The molecule has 1 heterocycles. The lowest BCUT2D eigenvalue weighted by Crippen LogP contribution is -2.12. The number of nitrogens with one attached hydrogen (secondary N) is 2. The number of hydrazine groups is 1. The molecule has 5 heteroatoms. The molecule has 0 aliphatic rings. The topological polar surface area (TPSA) is 75.9 Å². The molecule has 0 saturated heterocycles. The fraction of sp³-hybridized carbons (Fsp3) is 0.125. The van der Waals surface area contributed by atoms with E-state index < -0.39 is 0 Å². The van der Waals surface area contributed by atoms with Crippen LogP contribution in [-0.4, -0.2) is 9.97 Å². The third kappa shape index (κ3) is 2.64. The van der Waals surface area contributed by atoms with Gasteiger partial charge in [0.15, 0.2) is 0 Å². The zero-order chi connectivity index (χ0) is 14.7. The first-order valence-electron chi connectivity index (χ1n) is 6.78. The molecule has 0 atom stereocenters. The second-order valence-corrected chi connectivity index (χ2v) is 4.83. The van der Waals surface area contributed by atoms with Crippen LogP contribution in [0.4, 0.5) is 11.6 Å². The summed E-state index contributed by atoms with van der Waals surface area (Å²) in [5, 5.41) is 5.83. The SMILES string of the molecule is Cc1c(NN)ncnc1NCc1cccc2ccccc12. The summed E-state index contributed by atoms with van der Waals surface area (Å²) in [6.45, 7) is 2.63. The smallest absolute Gasteiger partial charge is 0.148 e. The number of nitrogen functional groups attached to an aromatic ring is 1. The summed E-state index contributed by atoms with van der Waals surface area (Å²) in [6, 6.07) is 14.7. The van der Waals surface area contributed by atoms with E-state index in [1.807, 2.05) is 13.0 Å². The molecule has 3 aromatic rings. The van der Waals surface area contributed by atoms with Crippen LogP contribution in [0.5, 0.6) is 0 Å². The molecule has 21 heavy (non-hydrogen) atoms. The molecular formula is C16H17N5. The molecule has 0 spiro atoms. The molecule has 0 saturated carbocycles. The Hall–Kier alpha value is -2.66. The quantitative estimate of drug-likeness (QED) is 0.506. The zero-order valence-corrected chi connectivity index (χ0v) is 11.8. The normalized spacial score (nSPS) is 10.6. The molecule has 106 valence electrons. The van der Waals surface area contributed by atoms with Crippen molar-refractivity contribution in [2.24, 2.45) is 5.84 Å². The van der Waals surface area contributed by atoms with E-state index in [1.54, 1.807) is 0 Å². The number of fused-ring (bicyclic) bond motifs is 1. The van der Waals surface area contributed by atoms with E-state index in [1.165, 1.54) is 22.7 Å². The average Bonchev–Trinajstić information content (AvgIpc) is 2.54. The lowest BCUT2D eigenvalue weighted by molar-refractivity contribution is 1.06. The number of anilines is 2. The molecule has 0 unspecified atom stereocenters. The molecular weight excluding hydrogens is 262 g/mol. The summed E-state index contributed by atoms with van der Waals surface area (Å²) in [5.41, 5.74) is 4.71. The molecule has 0 radical (unpaired) electrons. The summed E-state index contributed by atoms with van der Waals surface area (Å²) in [7, 11) is 0. The van der Waals surface area contributed by atoms with E-state index in [0.29, 0.717) is 12.4 Å². The van der Waals surface area contributed by atoms with Crippen LogP contribution in [-0.2, 0) is 6.54 Å². The monoisotopic (exact) mass is 279 g/mol. The van der Waals surface area contributed by atoms with Gasteiger partial charge < -0.3 is 10.7 Å². The number of aromatic nitrogens is 2. The third-order valence-electron chi connectivity index (χ3n) is 3.55. The standard InChI is InChI=1S/C16H17N5/c1-11-15(19-10-20-16(11)21-17)18-9-13-7-4-6-12-5-2-3-8-14(12)13/h2-8,10H,9,17H2,1H3,(H2,18,19,20,21). The Morgan fingerprint density at radius 1 is 1.00 bits per heavy atom. The van der Waals surface area contributed by atoms with Crippen molar-refractivity contribution in [3.63, 3.8) is 0 Å². The van der Waals surface area contributed by atoms with Crippen molar-refractivity contribution in [2.75, 3.05) is 10.7 Å². The largest absolute Gasteiger partial charge is 0.366 e. The minimum absolute atomic E-state index is 0.630. The second kappa shape index (κ2) is 5.76. The van der Waals surface area contributed by atoms with Crippen molar-refractivity contribution in [1.82, 2.24) is 9.97 Å². The van der Waals surface area contributed by atoms with Gasteiger partial charge in [0.05, 0.1) is 0 Å². The fourth-order valence-corrected chi connectivity index (χ4v) is 2.40. The van der Waals surface area contributed by atoms with Gasteiger partial charge >= 0.3 is 0 Å². The van der Waals surface area contributed by atoms with E-state index in [-0.39, 0.29) is 0 Å². The van der Waals surface area contributed by atoms with Crippen LogP contribution in [0.2, 0.25) is 0 Å². The van der Waals surface area contributed by atoms with Gasteiger partial charge in [-0.25, -0.2) is 15.8 Å². The maximum atomic E-state index is 5.43. The minimum Gasteiger partial charge on any atom is -0.366 e.